The molecule has 20 heavy (non-hydrogen) atoms. The van der Waals surface area contributed by atoms with Crippen molar-refractivity contribution in [3.05, 3.63) is 35.1 Å². The molecule has 0 radical (unpaired) electrons. The van der Waals surface area contributed by atoms with Gasteiger partial charge < -0.3 is 5.32 Å². The first kappa shape index (κ1) is 15.4. The van der Waals surface area contributed by atoms with E-state index in [1.165, 1.54) is 25.7 Å². The Morgan fingerprint density at radius 3 is 2.30 bits per heavy atom. The van der Waals surface area contributed by atoms with Crippen LogP contribution < -0.4 is 5.32 Å². The van der Waals surface area contributed by atoms with Crippen molar-refractivity contribution in [2.75, 3.05) is 6.54 Å². The summed E-state index contributed by atoms with van der Waals surface area (Å²) < 4.78 is 40.7. The topological polar surface area (TPSA) is 12.0 Å². The number of hydrogen-bond acceptors (Lipinski definition) is 1. The highest BCUT2D eigenvalue weighted by Crippen LogP contribution is 2.33. The van der Waals surface area contributed by atoms with E-state index in [0.717, 1.165) is 18.6 Å². The zero-order chi connectivity index (χ0) is 14.5. The van der Waals surface area contributed by atoms with E-state index in [1.807, 2.05) is 6.92 Å². The van der Waals surface area contributed by atoms with Crippen LogP contribution in [0.25, 0.3) is 0 Å². The molecule has 1 unspecified atom stereocenters. The Balaban J connectivity index is 2.10. The molecule has 1 fully saturated rings. The van der Waals surface area contributed by atoms with Gasteiger partial charge >= 0.3 is 0 Å². The summed E-state index contributed by atoms with van der Waals surface area (Å²) in [4.78, 5) is 0. The average molecular weight is 285 g/mol. The summed E-state index contributed by atoms with van der Waals surface area (Å²) >= 11 is 0. The third kappa shape index (κ3) is 3.75. The molecule has 1 aromatic carbocycles. The Kier molecular flexibility index (Phi) is 5.46. The smallest absolute Gasteiger partial charge is 0.133 e. The second-order valence-corrected chi connectivity index (χ2v) is 5.62. The minimum absolute atomic E-state index is 0.0220. The highest BCUT2D eigenvalue weighted by atomic mass is 19.1. The third-order valence-electron chi connectivity index (χ3n) is 4.18. The monoisotopic (exact) mass is 285 g/mol. The summed E-state index contributed by atoms with van der Waals surface area (Å²) in [7, 11) is 0. The van der Waals surface area contributed by atoms with Gasteiger partial charge in [-0.15, -0.1) is 0 Å². The van der Waals surface area contributed by atoms with Crippen LogP contribution in [0.2, 0.25) is 0 Å². The van der Waals surface area contributed by atoms with Gasteiger partial charge in [0.05, 0.1) is 0 Å². The first-order chi connectivity index (χ1) is 9.61. The molecule has 2 rings (SSSR count). The maximum Gasteiger partial charge on any atom is 0.133 e. The zero-order valence-electron chi connectivity index (χ0n) is 11.9. The summed E-state index contributed by atoms with van der Waals surface area (Å²) in [5, 5.41) is 3.12. The van der Waals surface area contributed by atoms with Crippen molar-refractivity contribution in [2.24, 2.45) is 5.92 Å². The van der Waals surface area contributed by atoms with Gasteiger partial charge in [-0.2, -0.15) is 0 Å². The van der Waals surface area contributed by atoms with Crippen LogP contribution in [0.5, 0.6) is 0 Å². The molecule has 4 heteroatoms. The van der Waals surface area contributed by atoms with Crippen molar-refractivity contribution in [2.45, 2.75) is 51.5 Å². The van der Waals surface area contributed by atoms with E-state index in [1.54, 1.807) is 0 Å². The SMILES string of the molecule is CCNC(CCC1CCCC1)c1c(F)cc(F)cc1F. The molecule has 0 amide bonds. The number of rotatable bonds is 6. The van der Waals surface area contributed by atoms with E-state index in [4.69, 9.17) is 0 Å². The van der Waals surface area contributed by atoms with Crippen molar-refractivity contribution in [3.63, 3.8) is 0 Å². The van der Waals surface area contributed by atoms with Crippen LogP contribution in [-0.4, -0.2) is 6.54 Å². The normalized spacial score (nSPS) is 17.6. The van der Waals surface area contributed by atoms with Crippen LogP contribution in [0.3, 0.4) is 0 Å². The molecule has 0 saturated heterocycles. The largest absolute Gasteiger partial charge is 0.310 e. The number of hydrogen-bond donors (Lipinski definition) is 1. The summed E-state index contributed by atoms with van der Waals surface area (Å²) in [6.07, 6.45) is 6.61. The summed E-state index contributed by atoms with van der Waals surface area (Å²) in [6, 6.07) is 1.15. The summed E-state index contributed by atoms with van der Waals surface area (Å²) in [5.41, 5.74) is -0.0220. The predicted molar refractivity (Wildman–Crippen MR) is 73.9 cm³/mol. The van der Waals surface area contributed by atoms with E-state index >= 15 is 0 Å². The van der Waals surface area contributed by atoms with Gasteiger partial charge in [-0.3, -0.25) is 0 Å². The van der Waals surface area contributed by atoms with Crippen molar-refractivity contribution in [1.82, 2.24) is 5.32 Å². The molecular weight excluding hydrogens is 263 g/mol. The molecule has 1 nitrogen and oxygen atoms in total. The molecule has 0 aromatic heterocycles. The maximum absolute atomic E-state index is 13.9. The Morgan fingerprint density at radius 1 is 1.15 bits per heavy atom. The minimum Gasteiger partial charge on any atom is -0.310 e. The van der Waals surface area contributed by atoms with Gasteiger partial charge in [0, 0.05) is 23.7 Å². The fourth-order valence-electron chi connectivity index (χ4n) is 3.18. The lowest BCUT2D eigenvalue weighted by atomic mass is 9.94. The van der Waals surface area contributed by atoms with Gasteiger partial charge in [0.2, 0.25) is 0 Å². The first-order valence-electron chi connectivity index (χ1n) is 7.49. The summed E-state index contributed by atoms with van der Waals surface area (Å²) in [6.45, 7) is 2.54. The second kappa shape index (κ2) is 7.11. The van der Waals surface area contributed by atoms with Gasteiger partial charge in [0.1, 0.15) is 17.5 Å². The standard InChI is InChI=1S/C16H22F3N/c1-2-20-15(8-7-11-5-3-4-6-11)16-13(18)9-12(17)10-14(16)19/h9-11,15,20H,2-8H2,1H3. The molecule has 0 heterocycles. The quantitative estimate of drug-likeness (QED) is 0.797. The fourth-order valence-corrected chi connectivity index (χ4v) is 3.18. The van der Waals surface area contributed by atoms with Crippen molar-refractivity contribution < 1.29 is 13.2 Å². The van der Waals surface area contributed by atoms with E-state index in [2.05, 4.69) is 5.32 Å². The van der Waals surface area contributed by atoms with Gasteiger partial charge in [-0.05, 0) is 25.3 Å². The molecule has 0 bridgehead atoms. The molecule has 1 saturated carbocycles. The van der Waals surface area contributed by atoms with Gasteiger partial charge in [-0.1, -0.05) is 32.6 Å². The summed E-state index contributed by atoms with van der Waals surface area (Å²) in [5.74, 6) is -1.78. The van der Waals surface area contributed by atoms with E-state index in [0.29, 0.717) is 18.9 Å². The molecule has 1 aliphatic carbocycles. The van der Waals surface area contributed by atoms with E-state index < -0.39 is 17.5 Å². The van der Waals surface area contributed by atoms with Crippen LogP contribution in [0, 0.1) is 23.4 Å². The lowest BCUT2D eigenvalue weighted by Gasteiger charge is -2.21. The van der Waals surface area contributed by atoms with Crippen LogP contribution in [-0.2, 0) is 0 Å². The third-order valence-corrected chi connectivity index (χ3v) is 4.18. The Morgan fingerprint density at radius 2 is 1.75 bits per heavy atom. The predicted octanol–water partition coefficient (Wildman–Crippen LogP) is 4.72. The Hall–Kier alpha value is -1.03. The average Bonchev–Trinajstić information content (AvgIpc) is 2.87. The Labute approximate surface area is 118 Å². The first-order valence-corrected chi connectivity index (χ1v) is 7.49. The maximum atomic E-state index is 13.9. The minimum atomic E-state index is -0.866. The zero-order valence-corrected chi connectivity index (χ0v) is 11.9. The number of nitrogens with one attached hydrogen (secondary N) is 1. The molecule has 1 aliphatic rings. The highest BCUT2D eigenvalue weighted by Gasteiger charge is 2.23. The van der Waals surface area contributed by atoms with Crippen LogP contribution in [0.4, 0.5) is 13.2 Å². The van der Waals surface area contributed by atoms with Crippen molar-refractivity contribution in [1.29, 1.82) is 0 Å². The van der Waals surface area contributed by atoms with Crippen LogP contribution in [0.1, 0.15) is 57.1 Å². The van der Waals surface area contributed by atoms with Gasteiger partial charge in [0.15, 0.2) is 0 Å². The molecule has 1 atom stereocenters. The lowest BCUT2D eigenvalue weighted by molar-refractivity contribution is 0.393. The molecule has 1 aromatic rings. The van der Waals surface area contributed by atoms with Crippen molar-refractivity contribution >= 4 is 0 Å². The lowest BCUT2D eigenvalue weighted by Crippen LogP contribution is -2.24. The number of benzene rings is 1. The molecule has 0 spiro atoms. The highest BCUT2D eigenvalue weighted by molar-refractivity contribution is 5.24. The van der Waals surface area contributed by atoms with Crippen LogP contribution in [0.15, 0.2) is 12.1 Å². The second-order valence-electron chi connectivity index (χ2n) is 5.62. The molecular formula is C16H22F3N. The molecule has 112 valence electrons. The van der Waals surface area contributed by atoms with E-state index in [-0.39, 0.29) is 11.6 Å². The van der Waals surface area contributed by atoms with Gasteiger partial charge in [0.25, 0.3) is 0 Å². The Bertz CT molecular complexity index is 418. The van der Waals surface area contributed by atoms with Crippen molar-refractivity contribution in [3.8, 4) is 0 Å². The molecule has 0 aliphatic heterocycles. The fraction of sp³-hybridized carbons (Fsp3) is 0.625. The van der Waals surface area contributed by atoms with Crippen LogP contribution >= 0.6 is 0 Å². The van der Waals surface area contributed by atoms with Gasteiger partial charge in [-0.25, -0.2) is 13.2 Å². The molecule has 1 N–H and O–H groups in total. The van der Waals surface area contributed by atoms with E-state index in [9.17, 15) is 13.2 Å². The number of halogens is 3.